The lowest BCUT2D eigenvalue weighted by molar-refractivity contribution is -0.135. The molecule has 0 radical (unpaired) electrons. The summed E-state index contributed by atoms with van der Waals surface area (Å²) < 4.78 is 22.1. The van der Waals surface area contributed by atoms with Gasteiger partial charge in [0.05, 0.1) is 6.61 Å². The van der Waals surface area contributed by atoms with Gasteiger partial charge in [-0.05, 0) is 82.7 Å². The van der Waals surface area contributed by atoms with E-state index >= 15 is 0 Å². The van der Waals surface area contributed by atoms with Crippen LogP contribution in [-0.4, -0.2) is 47.6 Å². The highest BCUT2D eigenvalue weighted by atomic mass is 16.7. The highest BCUT2D eigenvalue weighted by Gasteiger charge is 2.24. The van der Waals surface area contributed by atoms with Gasteiger partial charge in [0.25, 0.3) is 0 Å². The normalized spacial score (nSPS) is 16.7. The molecule has 1 fully saturated rings. The first-order valence-corrected chi connectivity index (χ1v) is 16.0. The van der Waals surface area contributed by atoms with Crippen LogP contribution in [0.4, 0.5) is 4.79 Å². The van der Waals surface area contributed by atoms with Gasteiger partial charge < -0.3 is 23.5 Å². The molecule has 0 N–H and O–H groups in total. The molecule has 240 valence electrons. The molecule has 1 aromatic carbocycles. The minimum absolute atomic E-state index is 0.0855. The molecule has 1 unspecified atom stereocenters. The second kappa shape index (κ2) is 20.6. The number of carbonyl (C=O) groups is 1. The van der Waals surface area contributed by atoms with Crippen molar-refractivity contribution in [3.63, 3.8) is 0 Å². The van der Waals surface area contributed by atoms with Crippen LogP contribution >= 0.6 is 0 Å². The van der Waals surface area contributed by atoms with Crippen LogP contribution in [0, 0.1) is 0 Å². The van der Waals surface area contributed by atoms with E-state index in [-0.39, 0.29) is 12.4 Å². The van der Waals surface area contributed by atoms with E-state index in [0.29, 0.717) is 18.8 Å². The molecule has 1 aromatic heterocycles. The van der Waals surface area contributed by atoms with E-state index < -0.39 is 5.60 Å². The summed E-state index contributed by atoms with van der Waals surface area (Å²) in [6.45, 7) is 23.6. The molecule has 0 bridgehead atoms. The first-order chi connectivity index (χ1) is 20.7. The van der Waals surface area contributed by atoms with Crippen LogP contribution < -0.4 is 0 Å². The zero-order valence-corrected chi connectivity index (χ0v) is 28.2. The average molecular weight is 597 g/mol. The molecular formula is C36H56N2O5. The summed E-state index contributed by atoms with van der Waals surface area (Å²) in [6, 6.07) is 6.09. The van der Waals surface area contributed by atoms with Crippen molar-refractivity contribution in [2.45, 2.75) is 113 Å². The summed E-state index contributed by atoms with van der Waals surface area (Å²) in [7, 11) is 0. The van der Waals surface area contributed by atoms with E-state index in [9.17, 15) is 4.79 Å². The molecule has 2 aromatic rings. The zero-order valence-electron chi connectivity index (χ0n) is 28.2. The Labute approximate surface area is 260 Å². The van der Waals surface area contributed by atoms with E-state index in [1.165, 1.54) is 12.0 Å². The molecule has 1 atom stereocenters. The summed E-state index contributed by atoms with van der Waals surface area (Å²) in [5, 5.41) is 0. The number of nitrogens with zero attached hydrogens (tertiary/aromatic N) is 2. The fraction of sp³-hybridized carbons (Fsp3) is 0.556. The molecule has 0 saturated carbocycles. The first kappa shape index (κ1) is 37.7. The predicted molar refractivity (Wildman–Crippen MR) is 179 cm³/mol. The Bertz CT molecular complexity index is 1180. The lowest BCUT2D eigenvalue weighted by Crippen LogP contribution is -2.39. The van der Waals surface area contributed by atoms with Crippen LogP contribution in [0.3, 0.4) is 0 Å². The van der Waals surface area contributed by atoms with Gasteiger partial charge in [0.2, 0.25) is 0 Å². The van der Waals surface area contributed by atoms with E-state index in [2.05, 4.69) is 35.8 Å². The number of aromatic nitrogens is 1. The van der Waals surface area contributed by atoms with Crippen molar-refractivity contribution in [3.05, 3.63) is 72.4 Å². The molecule has 4 rings (SSSR count). The van der Waals surface area contributed by atoms with Crippen LogP contribution in [-0.2, 0) is 20.6 Å². The average Bonchev–Trinajstić information content (AvgIpc) is 3.44. The Morgan fingerprint density at radius 3 is 2.49 bits per heavy atom. The lowest BCUT2D eigenvalue weighted by atomic mass is 9.99. The van der Waals surface area contributed by atoms with E-state index in [0.717, 1.165) is 61.3 Å². The quantitative estimate of drug-likeness (QED) is 0.180. The van der Waals surface area contributed by atoms with E-state index in [1.54, 1.807) is 4.90 Å². The zero-order chi connectivity index (χ0) is 32.3. The Kier molecular flexibility index (Phi) is 18.0. The number of aryl methyl sites for hydroxylation is 1. The van der Waals surface area contributed by atoms with Crippen LogP contribution in [0.25, 0.3) is 16.7 Å². The monoisotopic (exact) mass is 596 g/mol. The molecule has 2 aliphatic heterocycles. The fourth-order valence-electron chi connectivity index (χ4n) is 4.18. The molecular weight excluding hydrogens is 540 g/mol. The first-order valence-electron chi connectivity index (χ1n) is 16.0. The lowest BCUT2D eigenvalue weighted by Gasteiger charge is -2.29. The minimum atomic E-state index is -0.462. The predicted octanol–water partition coefficient (Wildman–Crippen LogP) is 10.0. The third kappa shape index (κ3) is 14.1. The Morgan fingerprint density at radius 2 is 1.91 bits per heavy atom. The van der Waals surface area contributed by atoms with Crippen molar-refractivity contribution in [1.29, 1.82) is 0 Å². The Balaban J connectivity index is 0.000000420. The number of fused-ring (bicyclic) bond motifs is 1. The van der Waals surface area contributed by atoms with Gasteiger partial charge in [0.15, 0.2) is 17.8 Å². The van der Waals surface area contributed by atoms with Gasteiger partial charge in [-0.1, -0.05) is 71.6 Å². The van der Waals surface area contributed by atoms with Gasteiger partial charge in [0.1, 0.15) is 16.9 Å². The number of oxazole rings is 1. The molecule has 7 heteroatoms. The Morgan fingerprint density at radius 1 is 1.16 bits per heavy atom. The summed E-state index contributed by atoms with van der Waals surface area (Å²) in [5.74, 6) is 1.45. The largest absolute Gasteiger partial charge is 0.466 e. The van der Waals surface area contributed by atoms with Gasteiger partial charge in [-0.25, -0.2) is 9.78 Å². The molecule has 43 heavy (non-hydrogen) atoms. The maximum Gasteiger partial charge on any atom is 0.410 e. The van der Waals surface area contributed by atoms with Crippen molar-refractivity contribution in [2.24, 2.45) is 0 Å². The molecule has 2 aliphatic rings. The van der Waals surface area contributed by atoms with Crippen LogP contribution in [0.2, 0.25) is 0 Å². The smallest absolute Gasteiger partial charge is 0.410 e. The highest BCUT2D eigenvalue weighted by Crippen LogP contribution is 2.27. The van der Waals surface area contributed by atoms with E-state index in [4.69, 9.17) is 18.6 Å². The third-order valence-corrected chi connectivity index (χ3v) is 6.20. The Hall–Kier alpha value is -3.32. The number of rotatable bonds is 7. The van der Waals surface area contributed by atoms with E-state index in [1.807, 2.05) is 86.6 Å². The van der Waals surface area contributed by atoms with Crippen LogP contribution in [0.1, 0.15) is 106 Å². The fourth-order valence-corrected chi connectivity index (χ4v) is 4.18. The maximum absolute atomic E-state index is 12.1. The summed E-state index contributed by atoms with van der Waals surface area (Å²) in [4.78, 5) is 18.3. The van der Waals surface area contributed by atoms with Crippen molar-refractivity contribution < 1.29 is 23.4 Å². The number of hydrogen-bond acceptors (Lipinski definition) is 6. The van der Waals surface area contributed by atoms with Crippen LogP contribution in [0.15, 0.2) is 65.3 Å². The molecule has 0 aliphatic carbocycles. The summed E-state index contributed by atoms with van der Waals surface area (Å²) in [6.07, 6.45) is 15.6. The number of allylic oxidation sites excluding steroid dienone is 4. The third-order valence-electron chi connectivity index (χ3n) is 6.20. The van der Waals surface area contributed by atoms with Gasteiger partial charge in [-0.15, -0.1) is 0 Å². The number of ether oxygens (including phenoxy) is 3. The molecule has 3 heterocycles. The SMILES string of the molecule is C=C(/C=C\CC=CC)OC1CCCCO1.CC.CC.CCc1nc2cc(C3=CCN(C(=O)OC(C)(C)C)CC3)ccc2o1. The van der Waals surface area contributed by atoms with Gasteiger partial charge in [0, 0.05) is 25.9 Å². The van der Waals surface area contributed by atoms with Crippen molar-refractivity contribution in [1.82, 2.24) is 9.88 Å². The second-order valence-electron chi connectivity index (χ2n) is 10.6. The number of hydrogen-bond donors (Lipinski definition) is 0. The highest BCUT2D eigenvalue weighted by molar-refractivity contribution is 5.80. The number of carbonyl (C=O) groups excluding carboxylic acids is 1. The van der Waals surface area contributed by atoms with Crippen molar-refractivity contribution >= 4 is 22.8 Å². The molecule has 1 amide bonds. The van der Waals surface area contributed by atoms with Gasteiger partial charge in [-0.3, -0.25) is 0 Å². The summed E-state index contributed by atoms with van der Waals surface area (Å²) in [5.41, 5.74) is 3.62. The van der Waals surface area contributed by atoms with Crippen molar-refractivity contribution in [2.75, 3.05) is 19.7 Å². The van der Waals surface area contributed by atoms with Gasteiger partial charge >= 0.3 is 6.09 Å². The molecule has 0 spiro atoms. The second-order valence-corrected chi connectivity index (χ2v) is 10.6. The van der Waals surface area contributed by atoms with Gasteiger partial charge in [-0.2, -0.15) is 0 Å². The minimum Gasteiger partial charge on any atom is -0.466 e. The van der Waals surface area contributed by atoms with Crippen LogP contribution in [0.5, 0.6) is 0 Å². The topological polar surface area (TPSA) is 74.0 Å². The maximum atomic E-state index is 12.1. The number of benzene rings is 1. The molecule has 1 saturated heterocycles. The standard InChI is InChI=1S/C19H24N2O3.C13H20O2.2C2H6/c1-5-17-20-15-12-14(6-7-16(15)23-17)13-8-10-21(11-9-13)18(22)24-19(2,3)4;1-3-4-5-6-9-12(2)15-13-10-7-8-11-14-13;2*1-2/h6-8,12H,5,9-11H2,1-4H3;3-4,6,9,13H,2,5,7-8,10-11H2,1H3;2*1-2H3/b;4-3?,9-6-;;. The molecule has 7 nitrogen and oxygen atoms in total. The van der Waals surface area contributed by atoms with Crippen molar-refractivity contribution in [3.8, 4) is 0 Å². The summed E-state index contributed by atoms with van der Waals surface area (Å²) >= 11 is 0. The number of amides is 1.